The second-order valence-corrected chi connectivity index (χ2v) is 8.61. The number of H-pyrrole nitrogens is 1. The minimum atomic E-state index is 0.197. The molecule has 0 bridgehead atoms. The number of hydrogen-bond donors (Lipinski definition) is 2. The van der Waals surface area contributed by atoms with E-state index in [2.05, 4.69) is 16.0 Å². The van der Waals surface area contributed by atoms with Gasteiger partial charge in [-0.2, -0.15) is 0 Å². The zero-order valence-corrected chi connectivity index (χ0v) is 18.4. The first kappa shape index (κ1) is 20.8. The van der Waals surface area contributed by atoms with E-state index in [1.807, 2.05) is 48.5 Å². The van der Waals surface area contributed by atoms with Gasteiger partial charge < -0.3 is 19.7 Å². The Morgan fingerprint density at radius 3 is 2.78 bits per heavy atom. The van der Waals surface area contributed by atoms with E-state index in [1.165, 1.54) is 0 Å². The van der Waals surface area contributed by atoms with E-state index in [0.29, 0.717) is 23.2 Å². The molecule has 164 valence electrons. The molecule has 1 saturated heterocycles. The third-order valence-corrected chi connectivity index (χ3v) is 6.06. The quantitative estimate of drug-likeness (QED) is 0.431. The van der Waals surface area contributed by atoms with Crippen molar-refractivity contribution in [3.05, 3.63) is 71.4 Å². The third kappa shape index (κ3) is 4.42. The molecular weight excluding hydrogens is 424 g/mol. The van der Waals surface area contributed by atoms with Gasteiger partial charge in [0.1, 0.15) is 23.8 Å². The highest BCUT2D eigenvalue weighted by Crippen LogP contribution is 2.31. The van der Waals surface area contributed by atoms with Crippen LogP contribution in [0.25, 0.3) is 22.4 Å². The van der Waals surface area contributed by atoms with Crippen LogP contribution in [0.4, 0.5) is 5.82 Å². The van der Waals surface area contributed by atoms with Crippen LogP contribution >= 0.6 is 11.6 Å². The smallest absolute Gasteiger partial charge is 0.163 e. The van der Waals surface area contributed by atoms with E-state index in [-0.39, 0.29) is 12.5 Å². The van der Waals surface area contributed by atoms with Crippen LogP contribution < -0.4 is 9.64 Å². The molecule has 0 spiro atoms. The van der Waals surface area contributed by atoms with Crippen molar-refractivity contribution < 1.29 is 9.84 Å². The summed E-state index contributed by atoms with van der Waals surface area (Å²) in [6.07, 6.45) is 2.07. The highest BCUT2D eigenvalue weighted by Gasteiger charge is 2.24. The van der Waals surface area contributed by atoms with Gasteiger partial charge in [-0.25, -0.2) is 9.97 Å². The number of aliphatic hydroxyl groups is 1. The van der Waals surface area contributed by atoms with Crippen molar-refractivity contribution in [3.8, 4) is 17.1 Å². The van der Waals surface area contributed by atoms with Crippen LogP contribution in [-0.2, 0) is 6.61 Å². The molecule has 2 N–H and O–H groups in total. The van der Waals surface area contributed by atoms with Gasteiger partial charge in [-0.1, -0.05) is 48.0 Å². The molecule has 3 heterocycles. The fraction of sp³-hybridized carbons (Fsp3) is 0.280. The molecule has 0 saturated carbocycles. The summed E-state index contributed by atoms with van der Waals surface area (Å²) in [6.45, 7) is 2.27. The molecule has 0 aliphatic carbocycles. The summed E-state index contributed by atoms with van der Waals surface area (Å²) in [7, 11) is 0. The topological polar surface area (TPSA) is 74.3 Å². The largest absolute Gasteiger partial charge is 0.487 e. The lowest BCUT2D eigenvalue weighted by atomic mass is 9.99. The minimum Gasteiger partial charge on any atom is -0.487 e. The van der Waals surface area contributed by atoms with E-state index >= 15 is 0 Å². The molecule has 7 heteroatoms. The van der Waals surface area contributed by atoms with Crippen LogP contribution in [0.2, 0.25) is 5.02 Å². The van der Waals surface area contributed by atoms with Gasteiger partial charge in [0.15, 0.2) is 5.82 Å². The van der Waals surface area contributed by atoms with Gasteiger partial charge >= 0.3 is 0 Å². The van der Waals surface area contributed by atoms with Crippen molar-refractivity contribution in [1.29, 1.82) is 0 Å². The van der Waals surface area contributed by atoms with Crippen LogP contribution in [-0.4, -0.2) is 39.8 Å². The number of aromatic nitrogens is 3. The maximum Gasteiger partial charge on any atom is 0.163 e. The maximum absolute atomic E-state index is 9.71. The molecule has 1 aliphatic heterocycles. The number of halogens is 1. The molecule has 32 heavy (non-hydrogen) atoms. The molecule has 5 rings (SSSR count). The molecule has 4 aromatic rings. The van der Waals surface area contributed by atoms with Crippen molar-refractivity contribution >= 4 is 28.5 Å². The van der Waals surface area contributed by atoms with E-state index in [1.54, 1.807) is 6.07 Å². The lowest BCUT2D eigenvalue weighted by Crippen LogP contribution is -2.37. The first-order valence-corrected chi connectivity index (χ1v) is 11.3. The summed E-state index contributed by atoms with van der Waals surface area (Å²) < 4.78 is 5.93. The highest BCUT2D eigenvalue weighted by molar-refractivity contribution is 6.30. The second-order valence-electron chi connectivity index (χ2n) is 8.18. The minimum absolute atomic E-state index is 0.197. The van der Waals surface area contributed by atoms with Crippen LogP contribution in [0, 0.1) is 5.92 Å². The summed E-state index contributed by atoms with van der Waals surface area (Å²) in [6, 6.07) is 19.4. The van der Waals surface area contributed by atoms with Gasteiger partial charge in [-0.3, -0.25) is 0 Å². The molecular formula is C25H25ClN4O2. The van der Waals surface area contributed by atoms with Crippen LogP contribution in [0.15, 0.2) is 60.7 Å². The fourth-order valence-corrected chi connectivity index (χ4v) is 4.39. The fourth-order valence-electron chi connectivity index (χ4n) is 4.21. The Morgan fingerprint density at radius 2 is 1.97 bits per heavy atom. The first-order chi connectivity index (χ1) is 15.7. The number of nitrogens with zero attached hydrogens (tertiary/aromatic N) is 3. The molecule has 2 aromatic heterocycles. The monoisotopic (exact) mass is 448 g/mol. The molecule has 0 amide bonds. The van der Waals surface area contributed by atoms with Crippen molar-refractivity contribution in [1.82, 2.24) is 15.0 Å². The van der Waals surface area contributed by atoms with Gasteiger partial charge in [-0.15, -0.1) is 0 Å². The summed E-state index contributed by atoms with van der Waals surface area (Å²) >= 11 is 6.07. The molecule has 1 atom stereocenters. The lowest BCUT2D eigenvalue weighted by Gasteiger charge is -2.33. The summed E-state index contributed by atoms with van der Waals surface area (Å²) in [5.41, 5.74) is 2.67. The molecule has 1 fully saturated rings. The molecule has 0 unspecified atom stereocenters. The van der Waals surface area contributed by atoms with Gasteiger partial charge in [-0.05, 0) is 43.0 Å². The summed E-state index contributed by atoms with van der Waals surface area (Å²) in [5.74, 6) is 2.56. The van der Waals surface area contributed by atoms with Gasteiger partial charge in [0.05, 0.1) is 11.1 Å². The summed E-state index contributed by atoms with van der Waals surface area (Å²) in [5, 5.41) is 11.3. The van der Waals surface area contributed by atoms with E-state index in [9.17, 15) is 5.11 Å². The Bertz CT molecular complexity index is 1210. The SMILES string of the molecule is OC[C@H]1CCCN(c2nc(-c3ccccc3)nc3[nH]c(COc4cccc(Cl)c4)cc23)C1. The molecule has 2 aromatic carbocycles. The normalized spacial score (nSPS) is 16.4. The Labute approximate surface area is 191 Å². The zero-order chi connectivity index (χ0) is 21.9. The number of anilines is 1. The van der Waals surface area contributed by atoms with E-state index in [4.69, 9.17) is 26.3 Å². The van der Waals surface area contributed by atoms with Crippen LogP contribution in [0.5, 0.6) is 5.75 Å². The molecule has 6 nitrogen and oxygen atoms in total. The standard InChI is InChI=1S/C25H25ClN4O2/c26-19-9-4-10-21(12-19)32-16-20-13-22-24(27-20)28-23(18-7-2-1-3-8-18)29-25(22)30-11-5-6-17(14-30)15-31/h1-4,7-10,12-13,17,31H,5-6,11,14-16H2,(H,27,28,29)/t17-/m0/s1. The number of hydrogen-bond acceptors (Lipinski definition) is 5. The van der Waals surface area contributed by atoms with Gasteiger partial charge in [0, 0.05) is 30.3 Å². The Balaban J connectivity index is 1.51. The van der Waals surface area contributed by atoms with Crippen molar-refractivity contribution in [3.63, 3.8) is 0 Å². The third-order valence-electron chi connectivity index (χ3n) is 5.82. The number of aromatic amines is 1. The molecule has 0 radical (unpaired) electrons. The van der Waals surface area contributed by atoms with Crippen molar-refractivity contribution in [2.24, 2.45) is 5.92 Å². The number of fused-ring (bicyclic) bond motifs is 1. The summed E-state index contributed by atoms with van der Waals surface area (Å²) in [4.78, 5) is 15.5. The zero-order valence-electron chi connectivity index (χ0n) is 17.7. The Hall–Kier alpha value is -3.09. The van der Waals surface area contributed by atoms with Gasteiger partial charge in [0.2, 0.25) is 0 Å². The van der Waals surface area contributed by atoms with Crippen LogP contribution in [0.1, 0.15) is 18.5 Å². The predicted octanol–water partition coefficient (Wildman–Crippen LogP) is 5.07. The number of benzene rings is 2. The highest BCUT2D eigenvalue weighted by atomic mass is 35.5. The predicted molar refractivity (Wildman–Crippen MR) is 127 cm³/mol. The lowest BCUT2D eigenvalue weighted by molar-refractivity contribution is 0.208. The second kappa shape index (κ2) is 9.18. The van der Waals surface area contributed by atoms with Crippen LogP contribution in [0.3, 0.4) is 0 Å². The average molecular weight is 449 g/mol. The Kier molecular flexibility index (Phi) is 5.97. The molecule has 1 aliphatic rings. The number of rotatable bonds is 6. The Morgan fingerprint density at radius 1 is 1.09 bits per heavy atom. The number of piperidine rings is 1. The number of nitrogens with one attached hydrogen (secondary N) is 1. The van der Waals surface area contributed by atoms with Crippen molar-refractivity contribution in [2.45, 2.75) is 19.4 Å². The number of ether oxygens (including phenoxy) is 1. The van der Waals surface area contributed by atoms with E-state index < -0.39 is 0 Å². The van der Waals surface area contributed by atoms with Crippen molar-refractivity contribution in [2.75, 3.05) is 24.6 Å². The maximum atomic E-state index is 9.71. The van der Waals surface area contributed by atoms with E-state index in [0.717, 1.165) is 54.0 Å². The number of aliphatic hydroxyl groups excluding tert-OH is 1. The van der Waals surface area contributed by atoms with Gasteiger partial charge in [0.25, 0.3) is 0 Å². The first-order valence-electron chi connectivity index (χ1n) is 10.9. The average Bonchev–Trinajstić information content (AvgIpc) is 3.26.